The molecule has 0 aliphatic rings. The number of aromatic nitrogens is 3. The molecule has 108 valence electrons. The van der Waals surface area contributed by atoms with Crippen LogP contribution in [0.2, 0.25) is 5.02 Å². The van der Waals surface area contributed by atoms with Crippen LogP contribution < -0.4 is 10.1 Å². The first kappa shape index (κ1) is 14.8. The summed E-state index contributed by atoms with van der Waals surface area (Å²) in [5, 5.41) is 11.9. The zero-order chi connectivity index (χ0) is 14.4. The van der Waals surface area contributed by atoms with Gasteiger partial charge in [0.1, 0.15) is 12.4 Å². The van der Waals surface area contributed by atoms with Gasteiger partial charge in [-0.3, -0.25) is 0 Å². The van der Waals surface area contributed by atoms with E-state index in [9.17, 15) is 0 Å². The lowest BCUT2D eigenvalue weighted by Gasteiger charge is -2.08. The van der Waals surface area contributed by atoms with Crippen molar-refractivity contribution >= 4 is 11.6 Å². The molecule has 0 atom stereocenters. The summed E-state index contributed by atoms with van der Waals surface area (Å²) in [4.78, 5) is 0. The minimum Gasteiger partial charge on any atom is -0.492 e. The number of aryl methyl sites for hydroxylation is 1. The zero-order valence-corrected chi connectivity index (χ0v) is 12.5. The molecule has 6 heteroatoms. The maximum absolute atomic E-state index is 6.07. The van der Waals surface area contributed by atoms with Gasteiger partial charge in [0.15, 0.2) is 0 Å². The minimum atomic E-state index is 0.549. The molecule has 0 saturated carbocycles. The van der Waals surface area contributed by atoms with Crippen molar-refractivity contribution in [1.82, 2.24) is 20.3 Å². The number of nitrogens with one attached hydrogen (secondary N) is 1. The first-order chi connectivity index (χ1) is 9.72. The Morgan fingerprint density at radius 3 is 3.00 bits per heavy atom. The highest BCUT2D eigenvalue weighted by molar-refractivity contribution is 6.31. The number of nitrogens with zero attached hydrogens (tertiary/aromatic N) is 3. The Morgan fingerprint density at radius 1 is 1.40 bits per heavy atom. The fourth-order valence-corrected chi connectivity index (χ4v) is 2.13. The molecule has 0 spiro atoms. The number of hydrogen-bond acceptors (Lipinski definition) is 4. The Morgan fingerprint density at radius 2 is 2.25 bits per heavy atom. The van der Waals surface area contributed by atoms with Crippen molar-refractivity contribution in [2.45, 2.75) is 26.4 Å². The third-order valence-electron chi connectivity index (χ3n) is 2.93. The van der Waals surface area contributed by atoms with Crippen LogP contribution >= 0.6 is 11.6 Å². The number of hydrogen-bond donors (Lipinski definition) is 1. The van der Waals surface area contributed by atoms with E-state index >= 15 is 0 Å². The van der Waals surface area contributed by atoms with Gasteiger partial charge in [0, 0.05) is 17.8 Å². The predicted molar refractivity (Wildman–Crippen MR) is 79.1 cm³/mol. The van der Waals surface area contributed by atoms with Gasteiger partial charge in [-0.05, 0) is 37.2 Å². The first-order valence-corrected chi connectivity index (χ1v) is 7.05. The van der Waals surface area contributed by atoms with Gasteiger partial charge in [-0.25, -0.2) is 4.68 Å². The minimum absolute atomic E-state index is 0.549. The number of ether oxygens (including phenoxy) is 1. The summed E-state index contributed by atoms with van der Waals surface area (Å²) in [5.74, 6) is 0.835. The standard InChI is InChI=1S/C14H19ClN4O/c1-3-11-8-13(4-5-14(11)15)20-7-6-19-10-12(9-16-2)17-18-19/h4-5,8,10,16H,3,6-7,9H2,1-2H3. The molecule has 1 aromatic heterocycles. The summed E-state index contributed by atoms with van der Waals surface area (Å²) in [6.07, 6.45) is 2.81. The lowest BCUT2D eigenvalue weighted by molar-refractivity contribution is 0.289. The van der Waals surface area contributed by atoms with E-state index in [-0.39, 0.29) is 0 Å². The number of benzene rings is 1. The first-order valence-electron chi connectivity index (χ1n) is 6.67. The highest BCUT2D eigenvalue weighted by atomic mass is 35.5. The lowest BCUT2D eigenvalue weighted by atomic mass is 10.1. The van der Waals surface area contributed by atoms with Crippen molar-refractivity contribution in [3.8, 4) is 5.75 Å². The lowest BCUT2D eigenvalue weighted by Crippen LogP contribution is -2.09. The Bertz CT molecular complexity index is 556. The van der Waals surface area contributed by atoms with E-state index in [0.717, 1.165) is 35.0 Å². The fraction of sp³-hybridized carbons (Fsp3) is 0.429. The molecule has 0 fully saturated rings. The van der Waals surface area contributed by atoms with Gasteiger partial charge < -0.3 is 10.1 Å². The molecule has 1 aromatic carbocycles. The largest absolute Gasteiger partial charge is 0.492 e. The van der Waals surface area contributed by atoms with E-state index in [1.165, 1.54) is 0 Å². The van der Waals surface area contributed by atoms with E-state index in [1.54, 1.807) is 4.68 Å². The van der Waals surface area contributed by atoms with Crippen LogP contribution in [0.4, 0.5) is 0 Å². The summed E-state index contributed by atoms with van der Waals surface area (Å²) < 4.78 is 7.49. The SMILES string of the molecule is CCc1cc(OCCn2cc(CNC)nn2)ccc1Cl. The molecule has 1 heterocycles. The summed E-state index contributed by atoms with van der Waals surface area (Å²) in [7, 11) is 1.88. The van der Waals surface area contributed by atoms with E-state index in [1.807, 2.05) is 31.4 Å². The van der Waals surface area contributed by atoms with Gasteiger partial charge in [-0.15, -0.1) is 5.10 Å². The smallest absolute Gasteiger partial charge is 0.119 e. The molecule has 0 aliphatic carbocycles. The van der Waals surface area contributed by atoms with Crippen LogP contribution in [0, 0.1) is 0 Å². The topological polar surface area (TPSA) is 52.0 Å². The Labute approximate surface area is 123 Å². The summed E-state index contributed by atoms with van der Waals surface area (Å²) >= 11 is 6.07. The molecule has 0 saturated heterocycles. The van der Waals surface area contributed by atoms with Crippen molar-refractivity contribution in [1.29, 1.82) is 0 Å². The summed E-state index contributed by atoms with van der Waals surface area (Å²) in [5.41, 5.74) is 2.02. The molecule has 20 heavy (non-hydrogen) atoms. The predicted octanol–water partition coefficient (Wildman–Crippen LogP) is 2.29. The van der Waals surface area contributed by atoms with Crippen LogP contribution in [0.5, 0.6) is 5.75 Å². The molecule has 2 rings (SSSR count). The van der Waals surface area contributed by atoms with Crippen LogP contribution in [0.3, 0.4) is 0 Å². The Hall–Kier alpha value is -1.59. The fourth-order valence-electron chi connectivity index (χ4n) is 1.88. The molecule has 5 nitrogen and oxygen atoms in total. The van der Waals surface area contributed by atoms with Crippen molar-refractivity contribution in [2.75, 3.05) is 13.7 Å². The van der Waals surface area contributed by atoms with Crippen LogP contribution in [-0.4, -0.2) is 28.6 Å². The van der Waals surface area contributed by atoms with E-state index in [4.69, 9.17) is 16.3 Å². The Kier molecular flexibility index (Phi) is 5.38. The van der Waals surface area contributed by atoms with E-state index in [2.05, 4.69) is 22.6 Å². The second kappa shape index (κ2) is 7.26. The quantitative estimate of drug-likeness (QED) is 0.851. The zero-order valence-electron chi connectivity index (χ0n) is 11.8. The van der Waals surface area contributed by atoms with Crippen LogP contribution in [0.25, 0.3) is 0 Å². The number of halogens is 1. The van der Waals surface area contributed by atoms with Crippen molar-refractivity contribution in [2.24, 2.45) is 0 Å². The molecule has 0 aliphatic heterocycles. The third kappa shape index (κ3) is 3.95. The summed E-state index contributed by atoms with van der Waals surface area (Å²) in [6.45, 7) is 4.01. The molecule has 0 radical (unpaired) electrons. The van der Waals surface area contributed by atoms with Crippen LogP contribution in [0.15, 0.2) is 24.4 Å². The van der Waals surface area contributed by atoms with Gasteiger partial charge in [0.05, 0.1) is 12.2 Å². The second-order valence-corrected chi connectivity index (χ2v) is 4.87. The van der Waals surface area contributed by atoms with Crippen LogP contribution in [-0.2, 0) is 19.5 Å². The van der Waals surface area contributed by atoms with Gasteiger partial charge in [0.25, 0.3) is 0 Å². The van der Waals surface area contributed by atoms with Gasteiger partial charge in [-0.1, -0.05) is 23.7 Å². The molecule has 0 amide bonds. The molecular formula is C14H19ClN4O. The molecule has 2 aromatic rings. The second-order valence-electron chi connectivity index (χ2n) is 4.46. The van der Waals surface area contributed by atoms with Gasteiger partial charge in [0.2, 0.25) is 0 Å². The van der Waals surface area contributed by atoms with Crippen LogP contribution in [0.1, 0.15) is 18.2 Å². The van der Waals surface area contributed by atoms with Gasteiger partial charge in [-0.2, -0.15) is 0 Å². The molecular weight excluding hydrogens is 276 g/mol. The molecule has 0 bridgehead atoms. The normalized spacial score (nSPS) is 10.8. The summed E-state index contributed by atoms with van der Waals surface area (Å²) in [6, 6.07) is 5.74. The van der Waals surface area contributed by atoms with Crippen molar-refractivity contribution in [3.05, 3.63) is 40.7 Å². The molecule has 1 N–H and O–H groups in total. The third-order valence-corrected chi connectivity index (χ3v) is 3.30. The highest BCUT2D eigenvalue weighted by Crippen LogP contribution is 2.22. The average Bonchev–Trinajstić information content (AvgIpc) is 2.89. The average molecular weight is 295 g/mol. The monoisotopic (exact) mass is 294 g/mol. The van der Waals surface area contributed by atoms with E-state index in [0.29, 0.717) is 13.2 Å². The maximum Gasteiger partial charge on any atom is 0.119 e. The Balaban J connectivity index is 1.85. The van der Waals surface area contributed by atoms with Crippen molar-refractivity contribution in [3.63, 3.8) is 0 Å². The molecule has 0 unspecified atom stereocenters. The number of rotatable bonds is 7. The van der Waals surface area contributed by atoms with E-state index < -0.39 is 0 Å². The van der Waals surface area contributed by atoms with Gasteiger partial charge >= 0.3 is 0 Å². The maximum atomic E-state index is 6.07. The van der Waals surface area contributed by atoms with Crippen molar-refractivity contribution < 1.29 is 4.74 Å². The highest BCUT2D eigenvalue weighted by Gasteiger charge is 2.02.